The van der Waals surface area contributed by atoms with Gasteiger partial charge in [0.1, 0.15) is 4.90 Å². The molecule has 20 heavy (non-hydrogen) atoms. The second-order valence-electron chi connectivity index (χ2n) is 4.52. The third-order valence-corrected chi connectivity index (χ3v) is 5.20. The molecule has 1 aromatic rings. The van der Waals surface area contributed by atoms with Crippen molar-refractivity contribution in [3.8, 4) is 0 Å². The van der Waals surface area contributed by atoms with Crippen molar-refractivity contribution >= 4 is 48.8 Å². The summed E-state index contributed by atoms with van der Waals surface area (Å²) in [5.74, 6) is -0.307. The third-order valence-electron chi connectivity index (χ3n) is 3.10. The number of carbonyl (C=O) groups is 1. The lowest BCUT2D eigenvalue weighted by molar-refractivity contribution is 0.0752. The molecule has 1 aliphatic rings. The topological polar surface area (TPSA) is 54.5 Å². The van der Waals surface area contributed by atoms with E-state index < -0.39 is 9.05 Å². The lowest BCUT2D eigenvalue weighted by Gasteiger charge is -2.21. The van der Waals surface area contributed by atoms with E-state index >= 15 is 0 Å². The first kappa shape index (κ1) is 15.9. The molecule has 0 radical (unpaired) electrons. The molecule has 1 saturated carbocycles. The molecule has 8 heteroatoms. The standard InChI is InChI=1S/C12H12Cl3NO3S/c1-2-16(7-3-4-7)12(17)8-5-11(20(15,18)19)10(14)6-9(8)13/h5-7H,2-4H2,1H3. The lowest BCUT2D eigenvalue weighted by atomic mass is 10.2. The van der Waals surface area contributed by atoms with Crippen molar-refractivity contribution in [2.24, 2.45) is 0 Å². The molecule has 2 rings (SSSR count). The highest BCUT2D eigenvalue weighted by molar-refractivity contribution is 8.13. The fourth-order valence-electron chi connectivity index (χ4n) is 1.99. The summed E-state index contributed by atoms with van der Waals surface area (Å²) < 4.78 is 22.9. The average molecular weight is 357 g/mol. The maximum Gasteiger partial charge on any atom is 0.262 e. The van der Waals surface area contributed by atoms with Gasteiger partial charge in [-0.25, -0.2) is 8.42 Å². The van der Waals surface area contributed by atoms with Crippen LogP contribution in [0.15, 0.2) is 17.0 Å². The van der Waals surface area contributed by atoms with Crippen LogP contribution >= 0.6 is 33.9 Å². The Labute approximate surface area is 132 Å². The van der Waals surface area contributed by atoms with Crippen LogP contribution in [0.3, 0.4) is 0 Å². The predicted octanol–water partition coefficient (Wildman–Crippen LogP) is 3.55. The van der Waals surface area contributed by atoms with Crippen LogP contribution in [-0.2, 0) is 9.05 Å². The molecular formula is C12H12Cl3NO3S. The number of hydrogen-bond donors (Lipinski definition) is 0. The lowest BCUT2D eigenvalue weighted by Crippen LogP contribution is -2.33. The summed E-state index contributed by atoms with van der Waals surface area (Å²) in [5, 5.41) is 0.0131. The second-order valence-corrected chi connectivity index (χ2v) is 7.87. The summed E-state index contributed by atoms with van der Waals surface area (Å²) >= 11 is 11.8. The Morgan fingerprint density at radius 2 is 1.90 bits per heavy atom. The van der Waals surface area contributed by atoms with Gasteiger partial charge in [0, 0.05) is 23.3 Å². The van der Waals surface area contributed by atoms with Crippen LogP contribution in [0.2, 0.25) is 10.0 Å². The Hall–Kier alpha value is -0.490. The Morgan fingerprint density at radius 3 is 2.35 bits per heavy atom. The molecule has 110 valence electrons. The van der Waals surface area contributed by atoms with Gasteiger partial charge < -0.3 is 4.90 Å². The number of hydrogen-bond acceptors (Lipinski definition) is 3. The molecule has 0 atom stereocenters. The summed E-state index contributed by atoms with van der Waals surface area (Å²) in [5.41, 5.74) is 0.101. The number of nitrogens with zero attached hydrogens (tertiary/aromatic N) is 1. The Morgan fingerprint density at radius 1 is 1.30 bits per heavy atom. The first-order chi connectivity index (χ1) is 9.25. The minimum absolute atomic E-state index is 0.101. The second kappa shape index (κ2) is 5.72. The molecule has 0 unspecified atom stereocenters. The number of amides is 1. The largest absolute Gasteiger partial charge is 0.336 e. The van der Waals surface area contributed by atoms with Crippen molar-refractivity contribution in [2.45, 2.75) is 30.7 Å². The van der Waals surface area contributed by atoms with Crippen molar-refractivity contribution < 1.29 is 13.2 Å². The SMILES string of the molecule is CCN(C(=O)c1cc(S(=O)(=O)Cl)c(Cl)cc1Cl)C1CC1. The highest BCUT2D eigenvalue weighted by atomic mass is 35.7. The van der Waals surface area contributed by atoms with Crippen LogP contribution in [0.5, 0.6) is 0 Å². The number of halogens is 3. The molecule has 1 fully saturated rings. The maximum absolute atomic E-state index is 12.4. The van der Waals surface area contributed by atoms with Crippen LogP contribution in [-0.4, -0.2) is 31.8 Å². The van der Waals surface area contributed by atoms with Gasteiger partial charge in [0.2, 0.25) is 0 Å². The minimum atomic E-state index is -4.03. The van der Waals surface area contributed by atoms with E-state index in [1.54, 1.807) is 4.90 Å². The summed E-state index contributed by atoms with van der Waals surface area (Å²) in [7, 11) is 1.27. The van der Waals surface area contributed by atoms with Crippen LogP contribution in [0.1, 0.15) is 30.1 Å². The molecule has 0 N–H and O–H groups in total. The smallest absolute Gasteiger partial charge is 0.262 e. The molecule has 1 aromatic carbocycles. The van der Waals surface area contributed by atoms with E-state index in [4.69, 9.17) is 33.9 Å². The number of benzene rings is 1. The first-order valence-corrected chi connectivity index (χ1v) is 9.07. The number of rotatable bonds is 4. The van der Waals surface area contributed by atoms with E-state index in [-0.39, 0.29) is 32.5 Å². The van der Waals surface area contributed by atoms with Crippen LogP contribution in [0.4, 0.5) is 0 Å². The van der Waals surface area contributed by atoms with Gasteiger partial charge in [0.25, 0.3) is 15.0 Å². The van der Waals surface area contributed by atoms with Crippen LogP contribution in [0, 0.1) is 0 Å². The molecule has 1 amide bonds. The fourth-order valence-corrected chi connectivity index (χ4v) is 3.81. The summed E-state index contributed by atoms with van der Waals surface area (Å²) in [6, 6.07) is 2.57. The van der Waals surface area contributed by atoms with Gasteiger partial charge in [-0.2, -0.15) is 0 Å². The Bertz CT molecular complexity index is 656. The van der Waals surface area contributed by atoms with Crippen molar-refractivity contribution in [1.29, 1.82) is 0 Å². The van der Waals surface area contributed by atoms with E-state index in [1.807, 2.05) is 6.92 Å². The zero-order chi connectivity index (χ0) is 15.1. The quantitative estimate of drug-likeness (QED) is 0.775. The van der Waals surface area contributed by atoms with E-state index in [9.17, 15) is 13.2 Å². The van der Waals surface area contributed by atoms with Gasteiger partial charge in [0.05, 0.1) is 15.6 Å². The molecule has 0 spiro atoms. The van der Waals surface area contributed by atoms with Crippen molar-refractivity contribution in [2.75, 3.05) is 6.54 Å². The highest BCUT2D eigenvalue weighted by Gasteiger charge is 2.33. The van der Waals surface area contributed by atoms with Gasteiger partial charge in [-0.15, -0.1) is 0 Å². The van der Waals surface area contributed by atoms with E-state index in [0.717, 1.165) is 18.9 Å². The summed E-state index contributed by atoms with van der Waals surface area (Å²) in [6.07, 6.45) is 1.90. The Kier molecular flexibility index (Phi) is 4.54. The fraction of sp³-hybridized carbons (Fsp3) is 0.417. The molecular weight excluding hydrogens is 345 g/mol. The summed E-state index contributed by atoms with van der Waals surface area (Å²) in [4.78, 5) is 13.8. The van der Waals surface area contributed by atoms with Crippen molar-refractivity contribution in [1.82, 2.24) is 4.90 Å². The monoisotopic (exact) mass is 355 g/mol. The van der Waals surface area contributed by atoms with Gasteiger partial charge >= 0.3 is 0 Å². The van der Waals surface area contributed by atoms with Crippen molar-refractivity contribution in [3.05, 3.63) is 27.7 Å². The van der Waals surface area contributed by atoms with Gasteiger partial charge in [-0.1, -0.05) is 23.2 Å². The molecule has 0 aliphatic heterocycles. The first-order valence-electron chi connectivity index (χ1n) is 6.00. The molecule has 0 bridgehead atoms. The van der Waals surface area contributed by atoms with E-state index in [0.29, 0.717) is 6.54 Å². The zero-order valence-corrected chi connectivity index (χ0v) is 13.7. The average Bonchev–Trinajstić information content (AvgIpc) is 3.12. The van der Waals surface area contributed by atoms with Crippen LogP contribution < -0.4 is 0 Å². The third kappa shape index (κ3) is 3.22. The van der Waals surface area contributed by atoms with E-state index in [1.165, 1.54) is 6.07 Å². The predicted molar refractivity (Wildman–Crippen MR) is 79.2 cm³/mol. The van der Waals surface area contributed by atoms with Gasteiger partial charge in [-0.05, 0) is 31.9 Å². The Balaban J connectivity index is 2.48. The molecule has 0 saturated heterocycles. The normalized spacial score (nSPS) is 15.2. The van der Waals surface area contributed by atoms with Crippen molar-refractivity contribution in [3.63, 3.8) is 0 Å². The van der Waals surface area contributed by atoms with Gasteiger partial charge in [-0.3, -0.25) is 4.79 Å². The zero-order valence-electron chi connectivity index (χ0n) is 10.6. The molecule has 0 aromatic heterocycles. The number of carbonyl (C=O) groups excluding carboxylic acids is 1. The highest BCUT2D eigenvalue weighted by Crippen LogP contribution is 2.33. The molecule has 4 nitrogen and oxygen atoms in total. The summed E-state index contributed by atoms with van der Waals surface area (Å²) in [6.45, 7) is 2.39. The van der Waals surface area contributed by atoms with Gasteiger partial charge in [0.15, 0.2) is 0 Å². The molecule has 0 heterocycles. The van der Waals surface area contributed by atoms with E-state index in [2.05, 4.69) is 0 Å². The minimum Gasteiger partial charge on any atom is -0.336 e. The van der Waals surface area contributed by atoms with Crippen LogP contribution in [0.25, 0.3) is 0 Å². The maximum atomic E-state index is 12.4. The molecule has 1 aliphatic carbocycles.